The molecule has 2 nitrogen and oxygen atoms in total. The zero-order chi connectivity index (χ0) is 19.0. The van der Waals surface area contributed by atoms with Gasteiger partial charge in [0.1, 0.15) is 12.4 Å². The summed E-state index contributed by atoms with van der Waals surface area (Å²) in [5, 5.41) is 0. The van der Waals surface area contributed by atoms with Gasteiger partial charge in [-0.2, -0.15) is 0 Å². The first-order valence-electron chi connectivity index (χ1n) is 9.64. The first-order chi connectivity index (χ1) is 13.9. The minimum Gasteiger partial charge on any atom is -0.489 e. The fraction of sp³-hybridized carbons (Fsp3) is 0.115. The predicted molar refractivity (Wildman–Crippen MR) is 114 cm³/mol. The third-order valence-electron chi connectivity index (χ3n) is 4.74. The second kappa shape index (κ2) is 9.01. The molecule has 0 aliphatic carbocycles. The van der Waals surface area contributed by atoms with Gasteiger partial charge >= 0.3 is 0 Å². The van der Waals surface area contributed by atoms with E-state index in [4.69, 9.17) is 9.72 Å². The van der Waals surface area contributed by atoms with E-state index in [1.165, 1.54) is 11.1 Å². The van der Waals surface area contributed by atoms with Gasteiger partial charge in [-0.1, -0.05) is 84.9 Å². The van der Waals surface area contributed by atoms with Gasteiger partial charge < -0.3 is 4.74 Å². The molecule has 2 heteroatoms. The largest absolute Gasteiger partial charge is 0.489 e. The number of nitrogens with zero attached hydrogens (tertiary/aromatic N) is 1. The molecule has 0 N–H and O–H groups in total. The van der Waals surface area contributed by atoms with Crippen LogP contribution in [-0.2, 0) is 19.4 Å². The lowest BCUT2D eigenvalue weighted by molar-refractivity contribution is 0.303. The summed E-state index contributed by atoms with van der Waals surface area (Å²) in [6.45, 7) is 0.583. The molecule has 1 aromatic heterocycles. The van der Waals surface area contributed by atoms with Gasteiger partial charge in [-0.3, -0.25) is 4.98 Å². The highest BCUT2D eigenvalue weighted by molar-refractivity contribution is 5.58. The molecule has 0 saturated carbocycles. The van der Waals surface area contributed by atoms with Gasteiger partial charge in [0.2, 0.25) is 0 Å². The summed E-state index contributed by atoms with van der Waals surface area (Å²) >= 11 is 0. The highest BCUT2D eigenvalue weighted by atomic mass is 16.5. The van der Waals surface area contributed by atoms with Crippen molar-refractivity contribution in [1.82, 2.24) is 4.98 Å². The van der Waals surface area contributed by atoms with E-state index in [9.17, 15) is 0 Å². The van der Waals surface area contributed by atoms with Crippen molar-refractivity contribution in [3.05, 3.63) is 120 Å². The van der Waals surface area contributed by atoms with Crippen molar-refractivity contribution in [2.75, 3.05) is 0 Å². The van der Waals surface area contributed by atoms with Gasteiger partial charge in [-0.05, 0) is 42.2 Å². The van der Waals surface area contributed by atoms with Gasteiger partial charge in [0.25, 0.3) is 0 Å². The SMILES string of the molecule is c1ccc(COc2ccccc2CCc2cccc(-c3ccccc3)n2)cc1. The third-order valence-corrected chi connectivity index (χ3v) is 4.74. The van der Waals surface area contributed by atoms with Gasteiger partial charge in [-0.25, -0.2) is 0 Å². The van der Waals surface area contributed by atoms with E-state index in [0.29, 0.717) is 6.61 Å². The Balaban J connectivity index is 1.44. The normalized spacial score (nSPS) is 10.6. The maximum Gasteiger partial charge on any atom is 0.123 e. The van der Waals surface area contributed by atoms with Crippen molar-refractivity contribution in [2.24, 2.45) is 0 Å². The number of hydrogen-bond acceptors (Lipinski definition) is 2. The van der Waals surface area contributed by atoms with Crippen LogP contribution < -0.4 is 4.74 Å². The summed E-state index contributed by atoms with van der Waals surface area (Å²) in [6, 6.07) is 35.1. The lowest BCUT2D eigenvalue weighted by Crippen LogP contribution is -2.01. The van der Waals surface area contributed by atoms with E-state index < -0.39 is 0 Å². The second-order valence-corrected chi connectivity index (χ2v) is 6.76. The first-order valence-corrected chi connectivity index (χ1v) is 9.64. The van der Waals surface area contributed by atoms with Gasteiger partial charge in [-0.15, -0.1) is 0 Å². The summed E-state index contributed by atoms with van der Waals surface area (Å²) in [5.41, 5.74) is 5.65. The van der Waals surface area contributed by atoms with Crippen molar-refractivity contribution in [3.63, 3.8) is 0 Å². The fourth-order valence-electron chi connectivity index (χ4n) is 3.24. The smallest absolute Gasteiger partial charge is 0.123 e. The van der Waals surface area contributed by atoms with E-state index in [1.54, 1.807) is 0 Å². The second-order valence-electron chi connectivity index (χ2n) is 6.76. The molecule has 0 atom stereocenters. The van der Waals surface area contributed by atoms with Crippen molar-refractivity contribution < 1.29 is 4.74 Å². The molecule has 0 aliphatic rings. The summed E-state index contributed by atoms with van der Waals surface area (Å²) in [4.78, 5) is 4.84. The molecule has 0 aliphatic heterocycles. The summed E-state index contributed by atoms with van der Waals surface area (Å²) in [7, 11) is 0. The highest BCUT2D eigenvalue weighted by Crippen LogP contribution is 2.22. The van der Waals surface area contributed by atoms with Crippen LogP contribution in [0, 0.1) is 0 Å². The number of aryl methyl sites for hydroxylation is 2. The summed E-state index contributed by atoms with van der Waals surface area (Å²) < 4.78 is 6.08. The van der Waals surface area contributed by atoms with Crippen LogP contribution in [-0.4, -0.2) is 4.98 Å². The number of pyridine rings is 1. The quantitative estimate of drug-likeness (QED) is 0.394. The minimum absolute atomic E-state index is 0.583. The summed E-state index contributed by atoms with van der Waals surface area (Å²) in [5.74, 6) is 0.950. The Kier molecular flexibility index (Phi) is 5.79. The van der Waals surface area contributed by atoms with Gasteiger partial charge in [0.05, 0.1) is 5.69 Å². The monoisotopic (exact) mass is 365 g/mol. The van der Waals surface area contributed by atoms with Crippen molar-refractivity contribution in [1.29, 1.82) is 0 Å². The standard InChI is InChI=1S/C26H23NO/c1-3-10-21(11-4-1)20-28-26-17-8-7-14-23(26)18-19-24-15-9-16-25(27-24)22-12-5-2-6-13-22/h1-17H,18-20H2. The molecular formula is C26H23NO. The number of hydrogen-bond donors (Lipinski definition) is 0. The van der Waals surface area contributed by atoms with E-state index in [1.807, 2.05) is 48.5 Å². The van der Waals surface area contributed by atoms with Crippen LogP contribution in [0.2, 0.25) is 0 Å². The zero-order valence-electron chi connectivity index (χ0n) is 15.8. The van der Waals surface area contributed by atoms with E-state index >= 15 is 0 Å². The maximum atomic E-state index is 6.08. The Hall–Kier alpha value is -3.39. The third kappa shape index (κ3) is 4.66. The van der Waals surface area contributed by atoms with Crippen LogP contribution in [0.4, 0.5) is 0 Å². The molecule has 0 radical (unpaired) electrons. The van der Waals surface area contributed by atoms with Crippen molar-refractivity contribution in [2.45, 2.75) is 19.4 Å². The summed E-state index contributed by atoms with van der Waals surface area (Å²) in [6.07, 6.45) is 1.78. The van der Waals surface area contributed by atoms with Gasteiger partial charge in [0.15, 0.2) is 0 Å². The number of para-hydroxylation sites is 1. The molecular weight excluding hydrogens is 342 g/mol. The molecule has 0 unspecified atom stereocenters. The molecule has 1 heterocycles. The Morgan fingerprint density at radius 2 is 1.32 bits per heavy atom. The van der Waals surface area contributed by atoms with Crippen LogP contribution in [0.3, 0.4) is 0 Å². The first kappa shape index (κ1) is 18.0. The van der Waals surface area contributed by atoms with E-state index in [0.717, 1.165) is 35.5 Å². The Labute approximate surface area is 166 Å². The average Bonchev–Trinajstić information content (AvgIpc) is 2.78. The molecule has 0 spiro atoms. The van der Waals surface area contributed by atoms with Gasteiger partial charge in [0, 0.05) is 11.3 Å². The molecule has 28 heavy (non-hydrogen) atoms. The van der Waals surface area contributed by atoms with Crippen molar-refractivity contribution >= 4 is 0 Å². The van der Waals surface area contributed by atoms with Crippen LogP contribution in [0.1, 0.15) is 16.8 Å². The maximum absolute atomic E-state index is 6.08. The molecule has 0 bridgehead atoms. The molecule has 0 saturated heterocycles. The fourth-order valence-corrected chi connectivity index (χ4v) is 3.24. The van der Waals surface area contributed by atoms with Crippen LogP contribution in [0.15, 0.2) is 103 Å². The lowest BCUT2D eigenvalue weighted by atomic mass is 10.1. The number of ether oxygens (including phenoxy) is 1. The minimum atomic E-state index is 0.583. The molecule has 0 amide bonds. The van der Waals surface area contributed by atoms with Crippen LogP contribution in [0.25, 0.3) is 11.3 Å². The molecule has 4 aromatic rings. The Bertz CT molecular complexity index is 1010. The molecule has 3 aromatic carbocycles. The number of rotatable bonds is 7. The lowest BCUT2D eigenvalue weighted by Gasteiger charge is -2.12. The average molecular weight is 365 g/mol. The van der Waals surface area contributed by atoms with Crippen molar-refractivity contribution in [3.8, 4) is 17.0 Å². The zero-order valence-corrected chi connectivity index (χ0v) is 15.8. The predicted octanol–water partition coefficient (Wildman–Crippen LogP) is 6.11. The number of benzene rings is 3. The Morgan fingerprint density at radius 3 is 2.14 bits per heavy atom. The topological polar surface area (TPSA) is 22.1 Å². The van der Waals surface area contributed by atoms with Crippen LogP contribution in [0.5, 0.6) is 5.75 Å². The Morgan fingerprint density at radius 1 is 0.607 bits per heavy atom. The highest BCUT2D eigenvalue weighted by Gasteiger charge is 2.06. The van der Waals surface area contributed by atoms with E-state index in [-0.39, 0.29) is 0 Å². The molecule has 0 fully saturated rings. The van der Waals surface area contributed by atoms with E-state index in [2.05, 4.69) is 54.6 Å². The molecule has 138 valence electrons. The molecule has 4 rings (SSSR count). The van der Waals surface area contributed by atoms with Crippen LogP contribution >= 0.6 is 0 Å². The number of aromatic nitrogens is 1.